The Morgan fingerprint density at radius 2 is 2.06 bits per heavy atom. The highest BCUT2D eigenvalue weighted by molar-refractivity contribution is 9.10. The van der Waals surface area contributed by atoms with Crippen molar-refractivity contribution in [2.45, 2.75) is 26.3 Å². The fourth-order valence-electron chi connectivity index (χ4n) is 3.68. The molecule has 0 bridgehead atoms. The van der Waals surface area contributed by atoms with E-state index in [1.54, 1.807) is 7.05 Å². The molecule has 4 aromatic rings. The van der Waals surface area contributed by atoms with Crippen LogP contribution in [0.15, 0.2) is 46.1 Å². The summed E-state index contributed by atoms with van der Waals surface area (Å²) < 4.78 is 3.74. The van der Waals surface area contributed by atoms with E-state index in [-0.39, 0.29) is 11.1 Å². The molecule has 32 heavy (non-hydrogen) atoms. The van der Waals surface area contributed by atoms with Crippen LogP contribution >= 0.6 is 27.3 Å². The zero-order chi connectivity index (χ0) is 23.0. The van der Waals surface area contributed by atoms with Crippen molar-refractivity contribution in [3.8, 4) is 17.2 Å². The molecule has 0 radical (unpaired) electrons. The Morgan fingerprint density at radius 3 is 2.72 bits per heavy atom. The van der Waals surface area contributed by atoms with Crippen molar-refractivity contribution in [2.75, 3.05) is 5.32 Å². The number of halogens is 1. The van der Waals surface area contributed by atoms with Crippen molar-refractivity contribution in [2.24, 2.45) is 7.05 Å². The third kappa shape index (κ3) is 3.74. The van der Waals surface area contributed by atoms with Crippen molar-refractivity contribution in [3.05, 3.63) is 62.1 Å². The summed E-state index contributed by atoms with van der Waals surface area (Å²) in [7, 11) is 1.63. The maximum atomic E-state index is 13.6. The van der Waals surface area contributed by atoms with Crippen LogP contribution in [0.25, 0.3) is 21.3 Å². The van der Waals surface area contributed by atoms with Gasteiger partial charge in [0.25, 0.3) is 5.56 Å². The van der Waals surface area contributed by atoms with Gasteiger partial charge in [-0.15, -0.1) is 11.3 Å². The second kappa shape index (κ2) is 8.68. The van der Waals surface area contributed by atoms with E-state index >= 15 is 0 Å². The molecular formula is C22H19BrN6O2S. The minimum absolute atomic E-state index is 0.252. The fraction of sp³-hybridized carbons (Fsp3) is 0.227. The van der Waals surface area contributed by atoms with Crippen molar-refractivity contribution in [1.82, 2.24) is 19.3 Å². The first-order chi connectivity index (χ1) is 15.3. The molecule has 0 saturated heterocycles. The van der Waals surface area contributed by atoms with Crippen LogP contribution in [-0.2, 0) is 11.8 Å². The van der Waals surface area contributed by atoms with Gasteiger partial charge in [-0.05, 0) is 31.0 Å². The van der Waals surface area contributed by atoms with Gasteiger partial charge in [-0.2, -0.15) is 10.4 Å². The topological polar surface area (TPSA) is 106 Å². The summed E-state index contributed by atoms with van der Waals surface area (Å²) in [6.07, 6.45) is 3.18. The zero-order valence-electron chi connectivity index (χ0n) is 17.6. The van der Waals surface area contributed by atoms with Crippen LogP contribution < -0.4 is 10.9 Å². The molecule has 0 saturated carbocycles. The summed E-state index contributed by atoms with van der Waals surface area (Å²) >= 11 is 4.90. The predicted molar refractivity (Wildman–Crippen MR) is 128 cm³/mol. The average molecular weight is 511 g/mol. The Balaban J connectivity index is 1.80. The van der Waals surface area contributed by atoms with Gasteiger partial charge in [0.2, 0.25) is 5.91 Å². The van der Waals surface area contributed by atoms with Crippen LogP contribution in [-0.4, -0.2) is 25.2 Å². The van der Waals surface area contributed by atoms with Gasteiger partial charge in [0.1, 0.15) is 28.3 Å². The maximum absolute atomic E-state index is 13.6. The number of carbonyl (C=O) groups excluding carboxylic acids is 1. The molecule has 8 nitrogen and oxygen atoms in total. The number of fused-ring (bicyclic) bond motifs is 1. The molecule has 1 amide bonds. The minimum Gasteiger partial charge on any atom is -0.308 e. The summed E-state index contributed by atoms with van der Waals surface area (Å²) in [5.74, 6) is -0.118. The molecule has 0 aliphatic rings. The Morgan fingerprint density at radius 1 is 1.34 bits per heavy atom. The number of aromatic nitrogens is 4. The fourth-order valence-corrected chi connectivity index (χ4v) is 4.95. The van der Waals surface area contributed by atoms with Crippen molar-refractivity contribution >= 4 is 49.2 Å². The van der Waals surface area contributed by atoms with Gasteiger partial charge in [0, 0.05) is 22.0 Å². The Kier molecular flexibility index (Phi) is 5.95. The molecule has 10 heteroatoms. The monoisotopic (exact) mass is 510 g/mol. The Bertz CT molecular complexity index is 1430. The smallest absolute Gasteiger partial charge is 0.263 e. The molecule has 0 fully saturated rings. The molecule has 3 aromatic heterocycles. The van der Waals surface area contributed by atoms with E-state index in [1.165, 1.54) is 33.1 Å². The molecule has 0 aliphatic heterocycles. The number of nitrogens with zero attached hydrogens (tertiary/aromatic N) is 5. The number of hydrogen-bond donors (Lipinski definition) is 1. The third-order valence-electron chi connectivity index (χ3n) is 5.27. The van der Waals surface area contributed by atoms with Crippen LogP contribution in [0.1, 0.15) is 29.8 Å². The number of hydrogen-bond acceptors (Lipinski definition) is 6. The highest BCUT2D eigenvalue weighted by Crippen LogP contribution is 2.36. The van der Waals surface area contributed by atoms with Crippen LogP contribution in [0.2, 0.25) is 0 Å². The molecule has 0 spiro atoms. The largest absolute Gasteiger partial charge is 0.308 e. The first kappa shape index (κ1) is 21.9. The van der Waals surface area contributed by atoms with E-state index in [0.717, 1.165) is 20.5 Å². The molecule has 1 unspecified atom stereocenters. The average Bonchev–Trinajstić information content (AvgIpc) is 3.30. The molecule has 1 aromatic carbocycles. The van der Waals surface area contributed by atoms with E-state index in [2.05, 4.69) is 31.3 Å². The standard InChI is InChI=1S/C22H19BrN6O2S/c1-4-16(20(30)27-19-14(9-24)10-26-28(19)3)29-11-25-21-18(22(29)31)17(12(2)32-21)13-5-7-15(23)8-6-13/h5-8,10-11,16H,4H2,1-3H3,(H,27,30). The van der Waals surface area contributed by atoms with Gasteiger partial charge in [-0.1, -0.05) is 35.0 Å². The number of nitriles is 1. The van der Waals surface area contributed by atoms with Gasteiger partial charge in [-0.3, -0.25) is 18.8 Å². The molecule has 1 atom stereocenters. The Labute approximate surface area is 196 Å². The Hall–Kier alpha value is -3.29. The van der Waals surface area contributed by atoms with E-state index in [1.807, 2.05) is 44.2 Å². The number of carbonyl (C=O) groups is 1. The number of nitrogens with one attached hydrogen (secondary N) is 1. The van der Waals surface area contributed by atoms with Crippen LogP contribution in [0.3, 0.4) is 0 Å². The summed E-state index contributed by atoms with van der Waals surface area (Å²) in [5, 5.41) is 16.5. The lowest BCUT2D eigenvalue weighted by atomic mass is 10.0. The summed E-state index contributed by atoms with van der Waals surface area (Å²) in [5.41, 5.74) is 1.73. The highest BCUT2D eigenvalue weighted by atomic mass is 79.9. The minimum atomic E-state index is -0.793. The third-order valence-corrected chi connectivity index (χ3v) is 6.81. The summed E-state index contributed by atoms with van der Waals surface area (Å²) in [4.78, 5) is 32.8. The molecule has 162 valence electrons. The lowest BCUT2D eigenvalue weighted by molar-refractivity contribution is -0.119. The van der Waals surface area contributed by atoms with Gasteiger partial charge < -0.3 is 5.32 Å². The molecule has 4 rings (SSSR count). The maximum Gasteiger partial charge on any atom is 0.263 e. The predicted octanol–water partition coefficient (Wildman–Crippen LogP) is 4.39. The first-order valence-electron chi connectivity index (χ1n) is 9.84. The van der Waals surface area contributed by atoms with Gasteiger partial charge >= 0.3 is 0 Å². The lowest BCUT2D eigenvalue weighted by Gasteiger charge is -2.18. The van der Waals surface area contributed by atoms with Gasteiger partial charge in [0.05, 0.1) is 17.9 Å². The highest BCUT2D eigenvalue weighted by Gasteiger charge is 2.25. The number of benzene rings is 1. The van der Waals surface area contributed by atoms with Crippen molar-refractivity contribution in [1.29, 1.82) is 5.26 Å². The molecule has 1 N–H and O–H groups in total. The number of rotatable bonds is 5. The van der Waals surface area contributed by atoms with Crippen molar-refractivity contribution < 1.29 is 4.79 Å². The second-order valence-corrected chi connectivity index (χ2v) is 9.35. The second-order valence-electron chi connectivity index (χ2n) is 7.23. The zero-order valence-corrected chi connectivity index (χ0v) is 20.0. The summed E-state index contributed by atoms with van der Waals surface area (Å²) in [6, 6.07) is 8.97. The SMILES string of the molecule is CCC(C(=O)Nc1c(C#N)cnn1C)n1cnc2sc(C)c(-c3ccc(Br)cc3)c2c1=O. The van der Waals surface area contributed by atoms with Crippen LogP contribution in [0.4, 0.5) is 5.82 Å². The lowest BCUT2D eigenvalue weighted by Crippen LogP contribution is -2.33. The molecule has 0 aliphatic carbocycles. The van der Waals surface area contributed by atoms with Crippen molar-refractivity contribution in [3.63, 3.8) is 0 Å². The van der Waals surface area contributed by atoms with Gasteiger partial charge in [0.15, 0.2) is 0 Å². The molecule has 3 heterocycles. The van der Waals surface area contributed by atoms with Crippen LogP contribution in [0.5, 0.6) is 0 Å². The quantitative estimate of drug-likeness (QED) is 0.428. The number of aryl methyl sites for hydroxylation is 2. The van der Waals surface area contributed by atoms with E-state index in [9.17, 15) is 14.9 Å². The summed E-state index contributed by atoms with van der Waals surface area (Å²) in [6.45, 7) is 3.78. The number of anilines is 1. The first-order valence-corrected chi connectivity index (χ1v) is 11.5. The number of amides is 1. The van der Waals surface area contributed by atoms with E-state index < -0.39 is 11.9 Å². The van der Waals surface area contributed by atoms with E-state index in [4.69, 9.17) is 0 Å². The normalized spacial score (nSPS) is 12.0. The molecular weight excluding hydrogens is 492 g/mol. The number of thiophene rings is 1. The van der Waals surface area contributed by atoms with Gasteiger partial charge in [-0.25, -0.2) is 4.98 Å². The van der Waals surface area contributed by atoms with E-state index in [0.29, 0.717) is 22.5 Å². The van der Waals surface area contributed by atoms with Crippen LogP contribution in [0, 0.1) is 18.3 Å².